The Hall–Kier alpha value is -2.93. The van der Waals surface area contributed by atoms with E-state index in [1.807, 2.05) is 19.1 Å². The minimum absolute atomic E-state index is 0.187. The molecule has 0 amide bonds. The largest absolute Gasteiger partial charge is 0.368 e. The number of benzene rings is 2. The number of para-hydroxylation sites is 1. The Morgan fingerprint density at radius 2 is 1.76 bits per heavy atom. The Balaban J connectivity index is 2.05. The SMILES string of the molecule is Cc1ccc(-c2cnc(N)nc2C)cc1S(=O)(=O)Nc1ccccc1. The topological polar surface area (TPSA) is 98.0 Å². The van der Waals surface area contributed by atoms with E-state index in [0.29, 0.717) is 16.9 Å². The number of nitrogens with two attached hydrogens (primary N) is 1. The van der Waals surface area contributed by atoms with E-state index in [2.05, 4.69) is 14.7 Å². The first-order valence-corrected chi connectivity index (χ1v) is 9.13. The van der Waals surface area contributed by atoms with E-state index >= 15 is 0 Å². The first kappa shape index (κ1) is 16.9. The minimum Gasteiger partial charge on any atom is -0.368 e. The number of aromatic nitrogens is 2. The van der Waals surface area contributed by atoms with Crippen LogP contribution in [0, 0.1) is 13.8 Å². The van der Waals surface area contributed by atoms with Gasteiger partial charge >= 0.3 is 0 Å². The van der Waals surface area contributed by atoms with Crippen LogP contribution in [0.25, 0.3) is 11.1 Å². The number of nitrogens with one attached hydrogen (secondary N) is 1. The van der Waals surface area contributed by atoms with Crippen LogP contribution in [-0.2, 0) is 10.0 Å². The van der Waals surface area contributed by atoms with E-state index in [4.69, 9.17) is 5.73 Å². The first-order valence-electron chi connectivity index (χ1n) is 7.65. The van der Waals surface area contributed by atoms with Crippen molar-refractivity contribution < 1.29 is 8.42 Å². The lowest BCUT2D eigenvalue weighted by Crippen LogP contribution is -2.14. The van der Waals surface area contributed by atoms with Crippen molar-refractivity contribution in [3.05, 3.63) is 66.0 Å². The van der Waals surface area contributed by atoms with Crippen LogP contribution in [0.2, 0.25) is 0 Å². The number of sulfonamides is 1. The second-order valence-electron chi connectivity index (χ2n) is 5.68. The van der Waals surface area contributed by atoms with Crippen LogP contribution in [-0.4, -0.2) is 18.4 Å². The zero-order chi connectivity index (χ0) is 18.0. The summed E-state index contributed by atoms with van der Waals surface area (Å²) in [5.41, 5.74) is 8.90. The summed E-state index contributed by atoms with van der Waals surface area (Å²) < 4.78 is 28.2. The van der Waals surface area contributed by atoms with Crippen molar-refractivity contribution in [2.75, 3.05) is 10.5 Å². The standard InChI is InChI=1S/C18H18N4O2S/c1-12-8-9-14(16-11-20-18(19)21-13(16)2)10-17(12)25(23,24)22-15-6-4-3-5-7-15/h3-11,22H,1-2H3,(H2,19,20,21). The van der Waals surface area contributed by atoms with Crippen LogP contribution in [0.1, 0.15) is 11.3 Å². The van der Waals surface area contributed by atoms with Crippen LogP contribution in [0.5, 0.6) is 0 Å². The van der Waals surface area contributed by atoms with E-state index in [0.717, 1.165) is 11.1 Å². The Morgan fingerprint density at radius 1 is 1.04 bits per heavy atom. The van der Waals surface area contributed by atoms with Gasteiger partial charge in [-0.2, -0.15) is 0 Å². The number of hydrogen-bond acceptors (Lipinski definition) is 5. The summed E-state index contributed by atoms with van der Waals surface area (Å²) in [4.78, 5) is 8.35. The average Bonchev–Trinajstić information content (AvgIpc) is 2.56. The summed E-state index contributed by atoms with van der Waals surface area (Å²) in [7, 11) is -3.71. The third kappa shape index (κ3) is 3.61. The first-order chi connectivity index (χ1) is 11.9. The van der Waals surface area contributed by atoms with Gasteiger partial charge in [-0.25, -0.2) is 18.4 Å². The van der Waals surface area contributed by atoms with Crippen LogP contribution >= 0.6 is 0 Å². The van der Waals surface area contributed by atoms with Crippen LogP contribution < -0.4 is 10.5 Å². The predicted octanol–water partition coefficient (Wildman–Crippen LogP) is 3.14. The normalized spacial score (nSPS) is 11.3. The van der Waals surface area contributed by atoms with Gasteiger partial charge in [-0.1, -0.05) is 30.3 Å². The summed E-state index contributed by atoms with van der Waals surface area (Å²) in [6.07, 6.45) is 1.60. The highest BCUT2D eigenvalue weighted by Gasteiger charge is 2.18. The predicted molar refractivity (Wildman–Crippen MR) is 98.6 cm³/mol. The van der Waals surface area contributed by atoms with E-state index in [-0.39, 0.29) is 10.8 Å². The molecule has 0 aliphatic rings. The van der Waals surface area contributed by atoms with Crippen molar-refractivity contribution in [2.24, 2.45) is 0 Å². The molecule has 0 atom stereocenters. The van der Waals surface area contributed by atoms with Gasteiger partial charge in [-0.05, 0) is 43.2 Å². The van der Waals surface area contributed by atoms with Gasteiger partial charge in [0.05, 0.1) is 10.6 Å². The third-order valence-corrected chi connectivity index (χ3v) is 5.34. The molecule has 1 aromatic heterocycles. The van der Waals surface area contributed by atoms with Gasteiger partial charge < -0.3 is 5.73 Å². The molecule has 0 bridgehead atoms. The smallest absolute Gasteiger partial charge is 0.262 e. The maximum atomic E-state index is 12.8. The Bertz CT molecular complexity index is 1020. The molecule has 0 aliphatic heterocycles. The van der Waals surface area contributed by atoms with Crippen LogP contribution in [0.3, 0.4) is 0 Å². The van der Waals surface area contributed by atoms with Crippen molar-refractivity contribution >= 4 is 21.7 Å². The summed E-state index contributed by atoms with van der Waals surface area (Å²) >= 11 is 0. The highest BCUT2D eigenvalue weighted by molar-refractivity contribution is 7.92. The molecule has 1 heterocycles. The van der Waals surface area contributed by atoms with Crippen molar-refractivity contribution in [1.82, 2.24) is 9.97 Å². The molecule has 3 rings (SSSR count). The monoisotopic (exact) mass is 354 g/mol. The lowest BCUT2D eigenvalue weighted by atomic mass is 10.0. The molecule has 0 radical (unpaired) electrons. The molecule has 0 aliphatic carbocycles. The van der Waals surface area contributed by atoms with E-state index in [1.165, 1.54) is 0 Å². The second kappa shape index (κ2) is 6.52. The maximum Gasteiger partial charge on any atom is 0.262 e. The molecule has 0 saturated carbocycles. The van der Waals surface area contributed by atoms with Gasteiger partial charge in [0.15, 0.2) is 0 Å². The lowest BCUT2D eigenvalue weighted by Gasteiger charge is -2.13. The molecule has 6 nitrogen and oxygen atoms in total. The van der Waals surface area contributed by atoms with E-state index < -0.39 is 10.0 Å². The summed E-state index contributed by atoms with van der Waals surface area (Å²) in [6.45, 7) is 3.57. The molecular weight excluding hydrogens is 336 g/mol. The average molecular weight is 354 g/mol. The molecular formula is C18H18N4O2S. The number of aryl methyl sites for hydroxylation is 2. The molecule has 128 valence electrons. The van der Waals surface area contributed by atoms with E-state index in [1.54, 1.807) is 49.5 Å². The molecule has 0 unspecified atom stereocenters. The zero-order valence-electron chi connectivity index (χ0n) is 13.9. The van der Waals surface area contributed by atoms with Gasteiger partial charge in [0.1, 0.15) is 0 Å². The molecule has 2 aromatic carbocycles. The molecule has 0 saturated heterocycles. The number of nitrogen functional groups attached to an aromatic ring is 1. The number of anilines is 2. The molecule has 7 heteroatoms. The summed E-state index contributed by atoms with van der Waals surface area (Å²) in [5.74, 6) is 0.187. The van der Waals surface area contributed by atoms with Crippen molar-refractivity contribution in [3.63, 3.8) is 0 Å². The Labute approximate surface area is 146 Å². The molecule has 0 fully saturated rings. The molecule has 25 heavy (non-hydrogen) atoms. The number of nitrogens with zero attached hydrogens (tertiary/aromatic N) is 2. The minimum atomic E-state index is -3.71. The Morgan fingerprint density at radius 3 is 2.44 bits per heavy atom. The van der Waals surface area contributed by atoms with Gasteiger partial charge in [0, 0.05) is 17.4 Å². The Kier molecular flexibility index (Phi) is 4.41. The number of hydrogen-bond donors (Lipinski definition) is 2. The van der Waals surface area contributed by atoms with Crippen molar-refractivity contribution in [3.8, 4) is 11.1 Å². The maximum absolute atomic E-state index is 12.8. The third-order valence-electron chi connectivity index (χ3n) is 3.81. The van der Waals surface area contributed by atoms with Crippen LogP contribution in [0.15, 0.2) is 59.6 Å². The fourth-order valence-corrected chi connectivity index (χ4v) is 3.87. The van der Waals surface area contributed by atoms with Crippen LogP contribution in [0.4, 0.5) is 11.6 Å². The zero-order valence-corrected chi connectivity index (χ0v) is 14.7. The number of rotatable bonds is 4. The molecule has 3 aromatic rings. The van der Waals surface area contributed by atoms with Gasteiger partial charge in [-0.15, -0.1) is 0 Å². The van der Waals surface area contributed by atoms with Gasteiger partial charge in [-0.3, -0.25) is 4.72 Å². The van der Waals surface area contributed by atoms with Gasteiger partial charge in [0.25, 0.3) is 10.0 Å². The second-order valence-corrected chi connectivity index (χ2v) is 7.33. The van der Waals surface area contributed by atoms with Crippen molar-refractivity contribution in [1.29, 1.82) is 0 Å². The molecule has 0 spiro atoms. The van der Waals surface area contributed by atoms with E-state index in [9.17, 15) is 8.42 Å². The lowest BCUT2D eigenvalue weighted by molar-refractivity contribution is 0.600. The quantitative estimate of drug-likeness (QED) is 0.750. The van der Waals surface area contributed by atoms with Crippen molar-refractivity contribution in [2.45, 2.75) is 18.7 Å². The van der Waals surface area contributed by atoms with Gasteiger partial charge in [0.2, 0.25) is 5.95 Å². The highest BCUT2D eigenvalue weighted by Crippen LogP contribution is 2.27. The summed E-state index contributed by atoms with van der Waals surface area (Å²) in [6, 6.07) is 14.0. The molecule has 3 N–H and O–H groups in total. The highest BCUT2D eigenvalue weighted by atomic mass is 32.2. The fraction of sp³-hybridized carbons (Fsp3) is 0.111. The fourth-order valence-electron chi connectivity index (χ4n) is 2.54. The summed E-state index contributed by atoms with van der Waals surface area (Å²) in [5, 5.41) is 0.